The molecule has 0 aliphatic carbocycles. The van der Waals surface area contributed by atoms with Gasteiger partial charge in [0.2, 0.25) is 15.9 Å². The molecule has 1 aliphatic heterocycles. The number of hydrogen-bond acceptors (Lipinski definition) is 4. The Labute approximate surface area is 131 Å². The maximum absolute atomic E-state index is 12.1. The van der Waals surface area contributed by atoms with E-state index in [0.29, 0.717) is 32.5 Å². The first-order valence-electron chi connectivity index (χ1n) is 7.32. The number of aryl methyl sites for hydroxylation is 1. The summed E-state index contributed by atoms with van der Waals surface area (Å²) in [6.07, 6.45) is 2.42. The van der Waals surface area contributed by atoms with Crippen molar-refractivity contribution in [2.24, 2.45) is 0 Å². The van der Waals surface area contributed by atoms with Crippen LogP contribution in [0.2, 0.25) is 0 Å². The van der Waals surface area contributed by atoms with Gasteiger partial charge in [-0.3, -0.25) is 4.79 Å². The maximum Gasteiger partial charge on any atom is 0.238 e. The van der Waals surface area contributed by atoms with Crippen LogP contribution in [0.15, 0.2) is 24.3 Å². The molecule has 1 aromatic carbocycles. The van der Waals surface area contributed by atoms with Crippen LogP contribution in [0.25, 0.3) is 0 Å². The molecular formula is C15H22N2O4S. The molecule has 1 amide bonds. The Kier molecular flexibility index (Phi) is 5.42. The van der Waals surface area contributed by atoms with E-state index in [-0.39, 0.29) is 5.91 Å². The van der Waals surface area contributed by atoms with Gasteiger partial charge >= 0.3 is 0 Å². The van der Waals surface area contributed by atoms with Crippen molar-refractivity contribution in [1.29, 1.82) is 0 Å². The Bertz CT molecular complexity index is 630. The molecule has 0 radical (unpaired) electrons. The quantitative estimate of drug-likeness (QED) is 0.789. The molecule has 1 saturated heterocycles. The molecule has 0 aromatic heterocycles. The van der Waals surface area contributed by atoms with Crippen molar-refractivity contribution < 1.29 is 17.9 Å². The third-order valence-electron chi connectivity index (χ3n) is 3.59. The lowest BCUT2D eigenvalue weighted by Crippen LogP contribution is -2.46. The van der Waals surface area contributed by atoms with Gasteiger partial charge < -0.3 is 10.1 Å². The highest BCUT2D eigenvalue weighted by molar-refractivity contribution is 7.88. The number of carbonyl (C=O) groups excluding carboxylic acids is 1. The third-order valence-corrected chi connectivity index (χ3v) is 4.88. The molecule has 7 heteroatoms. The van der Waals surface area contributed by atoms with Crippen LogP contribution in [0.4, 0.5) is 0 Å². The molecule has 22 heavy (non-hydrogen) atoms. The number of carbonyl (C=O) groups is 1. The topological polar surface area (TPSA) is 75.7 Å². The van der Waals surface area contributed by atoms with E-state index < -0.39 is 16.1 Å². The highest BCUT2D eigenvalue weighted by Crippen LogP contribution is 2.20. The second-order valence-electron chi connectivity index (χ2n) is 5.49. The molecule has 1 fully saturated rings. The zero-order valence-electron chi connectivity index (χ0n) is 12.9. The maximum atomic E-state index is 12.1. The lowest BCUT2D eigenvalue weighted by Gasteiger charge is -2.21. The second-order valence-corrected chi connectivity index (χ2v) is 7.42. The standard InChI is InChI=1S/C15H22N2O4S/c1-12-5-3-6-13(11-12)21-10-8-16-15(18)14-7-4-9-17(14)22(2,19)20/h3,5-6,11,14H,4,7-10H2,1-2H3,(H,16,18)/t14-/m0/s1. The van der Waals surface area contributed by atoms with Gasteiger partial charge in [0.1, 0.15) is 18.4 Å². The number of rotatable bonds is 6. The minimum Gasteiger partial charge on any atom is -0.492 e. The van der Waals surface area contributed by atoms with Crippen LogP contribution in [0.1, 0.15) is 18.4 Å². The lowest BCUT2D eigenvalue weighted by atomic mass is 10.2. The lowest BCUT2D eigenvalue weighted by molar-refractivity contribution is -0.124. The van der Waals surface area contributed by atoms with Crippen molar-refractivity contribution in [3.8, 4) is 5.75 Å². The van der Waals surface area contributed by atoms with Gasteiger partial charge in [-0.05, 0) is 37.5 Å². The van der Waals surface area contributed by atoms with Crippen molar-refractivity contribution in [3.63, 3.8) is 0 Å². The fraction of sp³-hybridized carbons (Fsp3) is 0.533. The predicted octanol–water partition coefficient (Wildman–Crippen LogP) is 0.914. The number of hydrogen-bond donors (Lipinski definition) is 1. The fourth-order valence-electron chi connectivity index (χ4n) is 2.57. The molecule has 122 valence electrons. The van der Waals surface area contributed by atoms with Gasteiger partial charge in [0.05, 0.1) is 12.8 Å². The summed E-state index contributed by atoms with van der Waals surface area (Å²) in [5.74, 6) is 0.503. The van der Waals surface area contributed by atoms with Crippen LogP contribution in [0.5, 0.6) is 5.75 Å². The minimum atomic E-state index is -3.33. The normalized spacial score (nSPS) is 19.1. The SMILES string of the molecule is Cc1cccc(OCCNC(=O)[C@@H]2CCCN2S(C)(=O)=O)c1. The summed E-state index contributed by atoms with van der Waals surface area (Å²) in [7, 11) is -3.33. The Morgan fingerprint density at radius 2 is 2.23 bits per heavy atom. The van der Waals surface area contributed by atoms with E-state index in [9.17, 15) is 13.2 Å². The monoisotopic (exact) mass is 326 g/mol. The first-order valence-corrected chi connectivity index (χ1v) is 9.17. The number of nitrogens with zero attached hydrogens (tertiary/aromatic N) is 1. The van der Waals surface area contributed by atoms with E-state index in [1.807, 2.05) is 31.2 Å². The Balaban J connectivity index is 1.78. The van der Waals surface area contributed by atoms with Crippen LogP contribution in [0, 0.1) is 6.92 Å². The zero-order valence-corrected chi connectivity index (χ0v) is 13.7. The number of benzene rings is 1. The van der Waals surface area contributed by atoms with E-state index in [0.717, 1.165) is 17.6 Å². The third kappa shape index (κ3) is 4.45. The number of amides is 1. The summed E-state index contributed by atoms with van der Waals surface area (Å²) in [6, 6.07) is 7.08. The van der Waals surface area contributed by atoms with Gasteiger partial charge in [0.25, 0.3) is 0 Å². The Hall–Kier alpha value is -1.60. The van der Waals surface area contributed by atoms with Crippen molar-refractivity contribution in [1.82, 2.24) is 9.62 Å². The highest BCUT2D eigenvalue weighted by Gasteiger charge is 2.36. The average molecular weight is 326 g/mol. The summed E-state index contributed by atoms with van der Waals surface area (Å²) in [6.45, 7) is 3.09. The molecule has 1 aliphatic rings. The van der Waals surface area contributed by atoms with E-state index >= 15 is 0 Å². The molecule has 0 bridgehead atoms. The number of ether oxygens (including phenoxy) is 1. The van der Waals surface area contributed by atoms with Crippen LogP contribution >= 0.6 is 0 Å². The molecule has 1 heterocycles. The van der Waals surface area contributed by atoms with Gasteiger partial charge in [0.15, 0.2) is 0 Å². The summed E-state index contributed by atoms with van der Waals surface area (Å²) >= 11 is 0. The molecule has 6 nitrogen and oxygen atoms in total. The zero-order chi connectivity index (χ0) is 16.2. The fourth-order valence-corrected chi connectivity index (χ4v) is 3.69. The largest absolute Gasteiger partial charge is 0.492 e. The van der Waals surface area contributed by atoms with Gasteiger partial charge in [-0.1, -0.05) is 12.1 Å². The molecule has 0 saturated carbocycles. The smallest absolute Gasteiger partial charge is 0.238 e. The van der Waals surface area contributed by atoms with Crippen LogP contribution in [-0.4, -0.2) is 50.6 Å². The average Bonchev–Trinajstić information content (AvgIpc) is 2.93. The summed E-state index contributed by atoms with van der Waals surface area (Å²) < 4.78 is 30.0. The molecule has 1 aromatic rings. The molecule has 2 rings (SSSR count). The van der Waals surface area contributed by atoms with E-state index in [1.165, 1.54) is 4.31 Å². The predicted molar refractivity (Wildman–Crippen MR) is 84.3 cm³/mol. The number of nitrogens with one attached hydrogen (secondary N) is 1. The van der Waals surface area contributed by atoms with Crippen LogP contribution in [0.3, 0.4) is 0 Å². The van der Waals surface area contributed by atoms with Crippen molar-refractivity contribution >= 4 is 15.9 Å². The van der Waals surface area contributed by atoms with Gasteiger partial charge in [-0.2, -0.15) is 4.31 Å². The Morgan fingerprint density at radius 1 is 1.45 bits per heavy atom. The first kappa shape index (κ1) is 16.8. The van der Waals surface area contributed by atoms with Gasteiger partial charge in [-0.15, -0.1) is 0 Å². The van der Waals surface area contributed by atoms with E-state index in [1.54, 1.807) is 0 Å². The summed E-state index contributed by atoms with van der Waals surface area (Å²) in [5, 5.41) is 2.74. The first-order chi connectivity index (χ1) is 10.4. The second kappa shape index (κ2) is 7.11. The van der Waals surface area contributed by atoms with Crippen molar-refractivity contribution in [2.75, 3.05) is 26.0 Å². The van der Waals surface area contributed by atoms with E-state index in [2.05, 4.69) is 5.32 Å². The molecule has 0 unspecified atom stereocenters. The number of sulfonamides is 1. The molecule has 0 spiro atoms. The van der Waals surface area contributed by atoms with Gasteiger partial charge in [0, 0.05) is 6.54 Å². The Morgan fingerprint density at radius 3 is 2.91 bits per heavy atom. The molecular weight excluding hydrogens is 304 g/mol. The van der Waals surface area contributed by atoms with E-state index in [4.69, 9.17) is 4.74 Å². The van der Waals surface area contributed by atoms with Crippen molar-refractivity contribution in [2.45, 2.75) is 25.8 Å². The molecule has 1 atom stereocenters. The van der Waals surface area contributed by atoms with Gasteiger partial charge in [-0.25, -0.2) is 8.42 Å². The highest BCUT2D eigenvalue weighted by atomic mass is 32.2. The minimum absolute atomic E-state index is 0.254. The van der Waals surface area contributed by atoms with Crippen molar-refractivity contribution in [3.05, 3.63) is 29.8 Å². The van der Waals surface area contributed by atoms with Crippen LogP contribution < -0.4 is 10.1 Å². The van der Waals surface area contributed by atoms with Crippen LogP contribution in [-0.2, 0) is 14.8 Å². The molecule has 1 N–H and O–H groups in total. The summed E-state index contributed by atoms with van der Waals surface area (Å²) in [5.41, 5.74) is 1.11. The summed E-state index contributed by atoms with van der Waals surface area (Å²) in [4.78, 5) is 12.1.